The van der Waals surface area contributed by atoms with E-state index >= 15 is 0 Å². The standard InChI is InChI=1S/C24H28N6O2/c1-5-15(3)13-19(24-28-22(6-2)29-32-24)27-23(31)17-7-9-18(10-8-17)30-16(4)26-20-14-25-12-11-21(20)30/h7-12,14-15,19H,5-6,13H2,1-4H3,(H,27,31). The van der Waals surface area contributed by atoms with Crippen LogP contribution in [0.25, 0.3) is 16.7 Å². The number of pyridine rings is 1. The van der Waals surface area contributed by atoms with Gasteiger partial charge in [0.25, 0.3) is 5.91 Å². The highest BCUT2D eigenvalue weighted by molar-refractivity contribution is 5.94. The third kappa shape index (κ3) is 4.39. The zero-order chi connectivity index (χ0) is 22.7. The summed E-state index contributed by atoms with van der Waals surface area (Å²) in [7, 11) is 0. The Kier molecular flexibility index (Phi) is 6.30. The summed E-state index contributed by atoms with van der Waals surface area (Å²) in [5.74, 6) is 2.21. The fourth-order valence-electron chi connectivity index (χ4n) is 3.73. The Bertz CT molecular complexity index is 1210. The maximum absolute atomic E-state index is 13.0. The number of benzene rings is 1. The number of carbonyl (C=O) groups is 1. The SMILES string of the molecule is CCc1noc(C(CC(C)CC)NC(=O)c2ccc(-n3c(C)nc4cnccc43)cc2)n1. The first-order valence-electron chi connectivity index (χ1n) is 11.0. The van der Waals surface area contributed by atoms with Crippen molar-refractivity contribution in [2.45, 2.75) is 53.0 Å². The molecule has 4 aromatic rings. The third-order valence-corrected chi connectivity index (χ3v) is 5.75. The molecule has 2 atom stereocenters. The minimum absolute atomic E-state index is 0.169. The maximum Gasteiger partial charge on any atom is 0.251 e. The molecule has 1 N–H and O–H groups in total. The van der Waals surface area contributed by atoms with E-state index < -0.39 is 0 Å². The second-order valence-corrected chi connectivity index (χ2v) is 8.08. The van der Waals surface area contributed by atoms with Gasteiger partial charge >= 0.3 is 0 Å². The van der Waals surface area contributed by atoms with Crippen molar-refractivity contribution < 1.29 is 9.32 Å². The molecule has 2 unspecified atom stereocenters. The number of amides is 1. The lowest BCUT2D eigenvalue weighted by atomic mass is 9.99. The highest BCUT2D eigenvalue weighted by atomic mass is 16.5. The average Bonchev–Trinajstić information content (AvgIpc) is 3.42. The quantitative estimate of drug-likeness (QED) is 0.437. The lowest BCUT2D eigenvalue weighted by molar-refractivity contribution is 0.0921. The molecule has 0 saturated carbocycles. The molecule has 1 aromatic carbocycles. The van der Waals surface area contributed by atoms with Gasteiger partial charge in [-0.1, -0.05) is 32.3 Å². The normalized spacial score (nSPS) is 13.2. The number of fused-ring (bicyclic) bond motifs is 1. The molecule has 0 aliphatic carbocycles. The predicted octanol–water partition coefficient (Wildman–Crippen LogP) is 4.58. The van der Waals surface area contributed by atoms with Crippen LogP contribution in [0.15, 0.2) is 47.2 Å². The summed E-state index contributed by atoms with van der Waals surface area (Å²) in [6.45, 7) is 8.21. The van der Waals surface area contributed by atoms with E-state index in [1.54, 1.807) is 12.4 Å². The molecular formula is C24H28N6O2. The predicted molar refractivity (Wildman–Crippen MR) is 122 cm³/mol. The van der Waals surface area contributed by atoms with Crippen LogP contribution in [0.5, 0.6) is 0 Å². The summed E-state index contributed by atoms with van der Waals surface area (Å²) < 4.78 is 7.48. The van der Waals surface area contributed by atoms with E-state index in [0.29, 0.717) is 29.6 Å². The van der Waals surface area contributed by atoms with E-state index in [0.717, 1.165) is 35.4 Å². The van der Waals surface area contributed by atoms with Crippen molar-refractivity contribution in [3.63, 3.8) is 0 Å². The summed E-state index contributed by atoms with van der Waals surface area (Å²) in [6, 6.07) is 9.11. The van der Waals surface area contributed by atoms with E-state index in [4.69, 9.17) is 4.52 Å². The fraction of sp³-hybridized carbons (Fsp3) is 0.375. The number of nitrogens with zero attached hydrogens (tertiary/aromatic N) is 5. The number of hydrogen-bond donors (Lipinski definition) is 1. The number of rotatable bonds is 8. The van der Waals surface area contributed by atoms with Crippen LogP contribution in [0.1, 0.15) is 67.6 Å². The first-order chi connectivity index (χ1) is 15.5. The monoisotopic (exact) mass is 432 g/mol. The van der Waals surface area contributed by atoms with Gasteiger partial charge in [-0.05, 0) is 49.6 Å². The van der Waals surface area contributed by atoms with Gasteiger partial charge in [-0.15, -0.1) is 0 Å². The van der Waals surface area contributed by atoms with Crippen LogP contribution < -0.4 is 5.32 Å². The Labute approximate surface area is 187 Å². The average molecular weight is 433 g/mol. The zero-order valence-corrected chi connectivity index (χ0v) is 18.9. The molecule has 0 radical (unpaired) electrons. The number of nitrogens with one attached hydrogen (secondary N) is 1. The maximum atomic E-state index is 13.0. The molecule has 1 amide bonds. The second kappa shape index (κ2) is 9.30. The molecule has 8 heteroatoms. The highest BCUT2D eigenvalue weighted by Gasteiger charge is 2.23. The second-order valence-electron chi connectivity index (χ2n) is 8.08. The van der Waals surface area contributed by atoms with Gasteiger partial charge in [0.05, 0.1) is 11.7 Å². The van der Waals surface area contributed by atoms with Gasteiger partial charge in [-0.25, -0.2) is 4.98 Å². The first-order valence-corrected chi connectivity index (χ1v) is 11.0. The smallest absolute Gasteiger partial charge is 0.251 e. The Hall–Kier alpha value is -3.55. The molecule has 0 aliphatic rings. The first kappa shape index (κ1) is 21.7. The Morgan fingerprint density at radius 1 is 1.16 bits per heavy atom. The molecule has 0 aliphatic heterocycles. The van der Waals surface area contributed by atoms with Crippen LogP contribution in [-0.4, -0.2) is 30.6 Å². The molecule has 0 saturated heterocycles. The molecule has 0 bridgehead atoms. The number of aryl methyl sites for hydroxylation is 2. The number of imidazole rings is 1. The van der Waals surface area contributed by atoms with Crippen LogP contribution in [0, 0.1) is 12.8 Å². The number of carbonyl (C=O) groups excluding carboxylic acids is 1. The molecule has 0 spiro atoms. The molecule has 4 rings (SSSR count). The lowest BCUT2D eigenvalue weighted by Gasteiger charge is -2.18. The van der Waals surface area contributed by atoms with Gasteiger partial charge in [0.2, 0.25) is 5.89 Å². The minimum Gasteiger partial charge on any atom is -0.340 e. The molecule has 3 heterocycles. The van der Waals surface area contributed by atoms with Crippen molar-refractivity contribution in [3.8, 4) is 5.69 Å². The topological polar surface area (TPSA) is 98.7 Å². The van der Waals surface area contributed by atoms with Crippen molar-refractivity contribution in [2.24, 2.45) is 5.92 Å². The Morgan fingerprint density at radius 2 is 1.94 bits per heavy atom. The molecule has 32 heavy (non-hydrogen) atoms. The van der Waals surface area contributed by atoms with Crippen LogP contribution in [0.4, 0.5) is 0 Å². The van der Waals surface area contributed by atoms with Crippen LogP contribution in [0.2, 0.25) is 0 Å². The molecule has 0 fully saturated rings. The Morgan fingerprint density at radius 3 is 2.62 bits per heavy atom. The van der Waals surface area contributed by atoms with Crippen molar-refractivity contribution in [3.05, 3.63) is 65.8 Å². The summed E-state index contributed by atoms with van der Waals surface area (Å²) in [5.41, 5.74) is 3.33. The summed E-state index contributed by atoms with van der Waals surface area (Å²) in [6.07, 6.45) is 5.93. The van der Waals surface area contributed by atoms with E-state index in [9.17, 15) is 4.79 Å². The molecule has 3 aromatic heterocycles. The van der Waals surface area contributed by atoms with Gasteiger partial charge in [0.1, 0.15) is 17.4 Å². The molecular weight excluding hydrogens is 404 g/mol. The fourth-order valence-corrected chi connectivity index (χ4v) is 3.73. The number of hydrogen-bond acceptors (Lipinski definition) is 6. The van der Waals surface area contributed by atoms with Gasteiger partial charge < -0.3 is 9.84 Å². The van der Waals surface area contributed by atoms with E-state index in [2.05, 4.69) is 43.8 Å². The van der Waals surface area contributed by atoms with E-state index in [-0.39, 0.29) is 11.9 Å². The van der Waals surface area contributed by atoms with E-state index in [1.807, 2.05) is 44.2 Å². The number of aromatic nitrogens is 5. The minimum atomic E-state index is -0.322. The van der Waals surface area contributed by atoms with Crippen molar-refractivity contribution in [1.82, 2.24) is 30.0 Å². The van der Waals surface area contributed by atoms with Crippen LogP contribution in [-0.2, 0) is 6.42 Å². The summed E-state index contributed by atoms with van der Waals surface area (Å²) in [5, 5.41) is 7.08. The highest BCUT2D eigenvalue weighted by Crippen LogP contribution is 2.24. The van der Waals surface area contributed by atoms with E-state index in [1.165, 1.54) is 0 Å². The van der Waals surface area contributed by atoms with Crippen LogP contribution >= 0.6 is 0 Å². The van der Waals surface area contributed by atoms with Crippen molar-refractivity contribution in [2.75, 3.05) is 0 Å². The van der Waals surface area contributed by atoms with Gasteiger partial charge in [0, 0.05) is 23.9 Å². The summed E-state index contributed by atoms with van der Waals surface area (Å²) >= 11 is 0. The van der Waals surface area contributed by atoms with Gasteiger partial charge in [0.15, 0.2) is 5.82 Å². The Balaban J connectivity index is 1.56. The van der Waals surface area contributed by atoms with Gasteiger partial charge in [-0.3, -0.25) is 14.3 Å². The van der Waals surface area contributed by atoms with Crippen molar-refractivity contribution in [1.29, 1.82) is 0 Å². The van der Waals surface area contributed by atoms with Crippen LogP contribution in [0.3, 0.4) is 0 Å². The largest absolute Gasteiger partial charge is 0.340 e. The lowest BCUT2D eigenvalue weighted by Crippen LogP contribution is -2.30. The molecule has 166 valence electrons. The molecule has 8 nitrogen and oxygen atoms in total. The van der Waals surface area contributed by atoms with Gasteiger partial charge in [-0.2, -0.15) is 4.98 Å². The summed E-state index contributed by atoms with van der Waals surface area (Å²) in [4.78, 5) is 26.2. The van der Waals surface area contributed by atoms with Crippen molar-refractivity contribution >= 4 is 16.9 Å². The third-order valence-electron chi connectivity index (χ3n) is 5.75. The zero-order valence-electron chi connectivity index (χ0n) is 18.9.